The molecule has 1 rings (SSSR count). The third kappa shape index (κ3) is 3.59. The van der Waals surface area contributed by atoms with E-state index in [4.69, 9.17) is 4.74 Å². The van der Waals surface area contributed by atoms with Crippen molar-refractivity contribution in [3.8, 4) is 0 Å². The zero-order chi connectivity index (χ0) is 12.8. The Morgan fingerprint density at radius 1 is 1.18 bits per heavy atom. The fourth-order valence-corrected chi connectivity index (χ4v) is 1.59. The average Bonchev–Trinajstić information content (AvgIpc) is 2.35. The monoisotopic (exact) mass is 236 g/mol. The van der Waals surface area contributed by atoms with Crippen molar-refractivity contribution >= 4 is 11.9 Å². The van der Waals surface area contributed by atoms with Crippen LogP contribution in [-0.4, -0.2) is 19.0 Å². The molecule has 0 aliphatic carbocycles. The minimum absolute atomic E-state index is 0.403. The van der Waals surface area contributed by atoms with Crippen molar-refractivity contribution in [1.29, 1.82) is 0 Å². The zero-order valence-electron chi connectivity index (χ0n) is 10.2. The lowest BCUT2D eigenvalue weighted by Crippen LogP contribution is -2.24. The molecule has 92 valence electrons. The number of carbonyl (C=O) groups excluding carboxylic acids is 2. The van der Waals surface area contributed by atoms with Crippen molar-refractivity contribution in [2.45, 2.75) is 20.0 Å². The third-order valence-corrected chi connectivity index (χ3v) is 2.45. The Morgan fingerprint density at radius 2 is 1.76 bits per heavy atom. The summed E-state index contributed by atoms with van der Waals surface area (Å²) < 4.78 is 9.85. The molecule has 0 N–H and O–H groups in total. The summed E-state index contributed by atoms with van der Waals surface area (Å²) in [6, 6.07) is 9.14. The second-order valence-corrected chi connectivity index (χ2v) is 3.75. The number of rotatable bonds is 4. The number of methoxy groups -OCH3 is 1. The summed E-state index contributed by atoms with van der Waals surface area (Å²) in [5, 5.41) is 0. The summed E-state index contributed by atoms with van der Waals surface area (Å²) in [5.41, 5.74) is 0.778. The van der Waals surface area contributed by atoms with Gasteiger partial charge in [-0.1, -0.05) is 30.3 Å². The summed E-state index contributed by atoms with van der Waals surface area (Å²) in [5.74, 6) is -1.36. The molecule has 0 unspecified atom stereocenters. The fourth-order valence-electron chi connectivity index (χ4n) is 1.59. The van der Waals surface area contributed by atoms with E-state index in [1.165, 1.54) is 14.0 Å². The molecule has 4 heteroatoms. The number of ether oxygens (including phenoxy) is 2. The molecule has 0 bridgehead atoms. The van der Waals surface area contributed by atoms with Crippen LogP contribution >= 0.6 is 0 Å². The Bertz CT molecular complexity index is 386. The highest BCUT2D eigenvalue weighted by Crippen LogP contribution is 2.26. The lowest BCUT2D eigenvalue weighted by molar-refractivity contribution is -0.158. The summed E-state index contributed by atoms with van der Waals surface area (Å²) in [6.45, 7) is 2.99. The van der Waals surface area contributed by atoms with E-state index in [-0.39, 0.29) is 0 Å². The molecular weight excluding hydrogens is 220 g/mol. The van der Waals surface area contributed by atoms with Gasteiger partial charge in [-0.3, -0.25) is 9.59 Å². The molecule has 4 nitrogen and oxygen atoms in total. The number of benzene rings is 1. The van der Waals surface area contributed by atoms with Crippen LogP contribution in [0.2, 0.25) is 0 Å². The number of hydrogen-bond donors (Lipinski definition) is 0. The Balaban J connectivity index is 2.95. The Hall–Kier alpha value is -1.84. The second-order valence-electron chi connectivity index (χ2n) is 3.75. The molecule has 0 amide bonds. The van der Waals surface area contributed by atoms with Crippen LogP contribution in [-0.2, 0) is 19.1 Å². The largest absolute Gasteiger partial charge is 0.469 e. The molecule has 0 saturated heterocycles. The first-order valence-corrected chi connectivity index (χ1v) is 5.36. The SMILES string of the molecule is COC(=O)[C@@H](C)[C@@H](OC(C)=O)c1ccccc1. The van der Waals surface area contributed by atoms with E-state index in [2.05, 4.69) is 4.74 Å². The van der Waals surface area contributed by atoms with Crippen LogP contribution in [0.4, 0.5) is 0 Å². The first kappa shape index (κ1) is 13.2. The summed E-state index contributed by atoms with van der Waals surface area (Å²) >= 11 is 0. The van der Waals surface area contributed by atoms with Crippen LogP contribution in [0.25, 0.3) is 0 Å². The molecular formula is C13H16O4. The van der Waals surface area contributed by atoms with Crippen LogP contribution in [0.1, 0.15) is 25.5 Å². The fraction of sp³-hybridized carbons (Fsp3) is 0.385. The van der Waals surface area contributed by atoms with Crippen molar-refractivity contribution in [3.05, 3.63) is 35.9 Å². The maximum atomic E-state index is 11.5. The van der Waals surface area contributed by atoms with Crippen LogP contribution < -0.4 is 0 Å². The normalized spacial score (nSPS) is 13.6. The lowest BCUT2D eigenvalue weighted by Gasteiger charge is -2.22. The van der Waals surface area contributed by atoms with Gasteiger partial charge >= 0.3 is 11.9 Å². The van der Waals surface area contributed by atoms with Gasteiger partial charge in [0.05, 0.1) is 13.0 Å². The van der Waals surface area contributed by atoms with E-state index in [1.54, 1.807) is 6.92 Å². The molecule has 2 atom stereocenters. The van der Waals surface area contributed by atoms with E-state index in [0.717, 1.165) is 5.56 Å². The summed E-state index contributed by atoms with van der Waals surface area (Å²) in [6.07, 6.45) is -0.610. The van der Waals surface area contributed by atoms with E-state index >= 15 is 0 Å². The molecule has 0 fully saturated rings. The predicted molar refractivity (Wildman–Crippen MR) is 62.1 cm³/mol. The standard InChI is InChI=1S/C13H16O4/c1-9(13(15)16-3)12(17-10(2)14)11-7-5-4-6-8-11/h4-9,12H,1-3H3/t9-,12+/m0/s1. The van der Waals surface area contributed by atoms with Gasteiger partial charge in [0.1, 0.15) is 6.10 Å². The predicted octanol–water partition coefficient (Wildman–Crippen LogP) is 2.10. The third-order valence-electron chi connectivity index (χ3n) is 2.45. The number of carbonyl (C=O) groups is 2. The van der Waals surface area contributed by atoms with Gasteiger partial charge in [0.15, 0.2) is 0 Å². The Labute approximate surface area is 101 Å². The minimum atomic E-state index is -0.610. The molecule has 0 radical (unpaired) electrons. The summed E-state index contributed by atoms with van der Waals surface area (Å²) in [7, 11) is 1.31. The van der Waals surface area contributed by atoms with Crippen LogP contribution in [0, 0.1) is 5.92 Å². The molecule has 1 aromatic rings. The zero-order valence-corrected chi connectivity index (χ0v) is 10.2. The van der Waals surface area contributed by atoms with Crippen LogP contribution in [0.3, 0.4) is 0 Å². The Kier molecular flexibility index (Phi) is 4.69. The second kappa shape index (κ2) is 6.03. The van der Waals surface area contributed by atoms with Gasteiger partial charge < -0.3 is 9.47 Å². The van der Waals surface area contributed by atoms with E-state index in [9.17, 15) is 9.59 Å². The maximum absolute atomic E-state index is 11.5. The van der Waals surface area contributed by atoms with Gasteiger partial charge in [0, 0.05) is 6.92 Å². The molecule has 0 aliphatic rings. The molecule has 0 spiro atoms. The highest BCUT2D eigenvalue weighted by atomic mass is 16.6. The highest BCUT2D eigenvalue weighted by Gasteiger charge is 2.28. The highest BCUT2D eigenvalue weighted by molar-refractivity contribution is 5.74. The van der Waals surface area contributed by atoms with E-state index < -0.39 is 24.0 Å². The van der Waals surface area contributed by atoms with Crippen LogP contribution in [0.15, 0.2) is 30.3 Å². The topological polar surface area (TPSA) is 52.6 Å². The van der Waals surface area contributed by atoms with Gasteiger partial charge in [-0.25, -0.2) is 0 Å². The average molecular weight is 236 g/mol. The van der Waals surface area contributed by atoms with Crippen molar-refractivity contribution in [2.75, 3.05) is 7.11 Å². The van der Waals surface area contributed by atoms with Gasteiger partial charge in [0.2, 0.25) is 0 Å². The number of esters is 2. The number of hydrogen-bond acceptors (Lipinski definition) is 4. The Morgan fingerprint density at radius 3 is 2.24 bits per heavy atom. The van der Waals surface area contributed by atoms with Gasteiger partial charge in [0.25, 0.3) is 0 Å². The molecule has 1 aromatic carbocycles. The van der Waals surface area contributed by atoms with Crippen LogP contribution in [0.5, 0.6) is 0 Å². The van der Waals surface area contributed by atoms with Crippen molar-refractivity contribution in [3.63, 3.8) is 0 Å². The van der Waals surface area contributed by atoms with Crippen molar-refractivity contribution < 1.29 is 19.1 Å². The van der Waals surface area contributed by atoms with Gasteiger partial charge in [-0.05, 0) is 12.5 Å². The first-order chi connectivity index (χ1) is 8.06. The van der Waals surface area contributed by atoms with Gasteiger partial charge in [-0.2, -0.15) is 0 Å². The molecule has 17 heavy (non-hydrogen) atoms. The maximum Gasteiger partial charge on any atom is 0.312 e. The smallest absolute Gasteiger partial charge is 0.312 e. The van der Waals surface area contributed by atoms with Crippen molar-refractivity contribution in [2.24, 2.45) is 5.92 Å². The molecule has 0 saturated carbocycles. The van der Waals surface area contributed by atoms with E-state index in [0.29, 0.717) is 0 Å². The molecule has 0 aromatic heterocycles. The van der Waals surface area contributed by atoms with Gasteiger partial charge in [-0.15, -0.1) is 0 Å². The molecule has 0 heterocycles. The lowest BCUT2D eigenvalue weighted by atomic mass is 9.97. The summed E-state index contributed by atoms with van der Waals surface area (Å²) in [4.78, 5) is 22.6. The quantitative estimate of drug-likeness (QED) is 0.751. The minimum Gasteiger partial charge on any atom is -0.469 e. The van der Waals surface area contributed by atoms with Crippen molar-refractivity contribution in [1.82, 2.24) is 0 Å². The van der Waals surface area contributed by atoms with E-state index in [1.807, 2.05) is 30.3 Å². The molecule has 0 aliphatic heterocycles. The first-order valence-electron chi connectivity index (χ1n) is 5.36.